The van der Waals surface area contributed by atoms with Gasteiger partial charge in [-0.05, 0) is 44.9 Å². The molecule has 1 aromatic heterocycles. The summed E-state index contributed by atoms with van der Waals surface area (Å²) in [5.74, 6) is 1.82. The number of methoxy groups -OCH3 is 1. The van der Waals surface area contributed by atoms with E-state index in [1.165, 1.54) is 7.11 Å². The molecule has 7 nitrogen and oxygen atoms in total. The number of guanidine groups is 1. The zero-order chi connectivity index (χ0) is 18.9. The van der Waals surface area contributed by atoms with Crippen molar-refractivity contribution in [2.75, 3.05) is 20.2 Å². The van der Waals surface area contributed by atoms with Crippen LogP contribution in [0.5, 0.6) is 0 Å². The molecule has 2 rings (SSSR count). The Balaban J connectivity index is 0.00000364. The van der Waals surface area contributed by atoms with Gasteiger partial charge in [-0.3, -0.25) is 0 Å². The van der Waals surface area contributed by atoms with Gasteiger partial charge in [-0.2, -0.15) is 0 Å². The van der Waals surface area contributed by atoms with Crippen LogP contribution in [0.4, 0.5) is 0 Å². The summed E-state index contributed by atoms with van der Waals surface area (Å²) in [7, 11) is 1.38. The number of benzene rings is 1. The van der Waals surface area contributed by atoms with Crippen molar-refractivity contribution in [3.05, 3.63) is 52.7 Å². The molecule has 1 heterocycles. The number of aryl methyl sites for hydroxylation is 2. The molecule has 148 valence electrons. The van der Waals surface area contributed by atoms with E-state index in [0.29, 0.717) is 30.5 Å². The van der Waals surface area contributed by atoms with Gasteiger partial charge in [0.2, 0.25) is 5.89 Å². The molecule has 8 heteroatoms. The van der Waals surface area contributed by atoms with E-state index in [9.17, 15) is 4.79 Å². The molecule has 0 atom stereocenters. The van der Waals surface area contributed by atoms with Crippen LogP contribution in [-0.4, -0.2) is 37.1 Å². The summed E-state index contributed by atoms with van der Waals surface area (Å²) >= 11 is 0. The van der Waals surface area contributed by atoms with Gasteiger partial charge in [-0.1, -0.05) is 12.1 Å². The highest BCUT2D eigenvalue weighted by atomic mass is 127. The lowest BCUT2D eigenvalue weighted by Gasteiger charge is -2.11. The number of hydrogen-bond donors (Lipinski definition) is 2. The number of halogens is 1. The van der Waals surface area contributed by atoms with Crippen LogP contribution in [0.3, 0.4) is 0 Å². The Morgan fingerprint density at radius 2 is 1.93 bits per heavy atom. The molecule has 0 unspecified atom stereocenters. The minimum absolute atomic E-state index is 0. The molecule has 0 spiro atoms. The van der Waals surface area contributed by atoms with Gasteiger partial charge in [0.05, 0.1) is 18.4 Å². The molecular weight excluding hydrogens is 459 g/mol. The lowest BCUT2D eigenvalue weighted by molar-refractivity contribution is 0.0600. The molecule has 0 fully saturated rings. The summed E-state index contributed by atoms with van der Waals surface area (Å²) in [6, 6.07) is 7.40. The number of aromatic nitrogens is 1. The minimum atomic E-state index is -0.326. The van der Waals surface area contributed by atoms with Crippen LogP contribution < -0.4 is 10.6 Å². The third kappa shape index (κ3) is 7.20. The van der Waals surface area contributed by atoms with E-state index in [2.05, 4.69) is 20.6 Å². The van der Waals surface area contributed by atoms with Gasteiger partial charge in [0.25, 0.3) is 0 Å². The number of oxazole rings is 1. The van der Waals surface area contributed by atoms with Crippen LogP contribution in [0.1, 0.15) is 40.2 Å². The Kier molecular flexibility index (Phi) is 9.84. The standard InChI is InChI=1S/C19H26N4O3.HI/c1-5-20-19(22-12-17-23-13(2)14(3)26-17)21-11-10-15-6-8-16(9-7-15)18(24)25-4;/h6-9H,5,10-12H2,1-4H3,(H2,20,21,22);1H. The van der Waals surface area contributed by atoms with Crippen molar-refractivity contribution in [2.24, 2.45) is 4.99 Å². The number of esters is 1. The van der Waals surface area contributed by atoms with Crippen LogP contribution >= 0.6 is 24.0 Å². The van der Waals surface area contributed by atoms with Gasteiger partial charge in [0.15, 0.2) is 5.96 Å². The van der Waals surface area contributed by atoms with Crippen LogP contribution in [0.25, 0.3) is 0 Å². The van der Waals surface area contributed by atoms with Crippen molar-refractivity contribution < 1.29 is 13.9 Å². The third-order valence-electron chi connectivity index (χ3n) is 3.87. The second-order valence-corrected chi connectivity index (χ2v) is 5.81. The average Bonchev–Trinajstić information content (AvgIpc) is 2.97. The molecule has 0 aliphatic carbocycles. The van der Waals surface area contributed by atoms with Gasteiger partial charge in [0, 0.05) is 13.1 Å². The first-order valence-corrected chi connectivity index (χ1v) is 8.65. The zero-order valence-electron chi connectivity index (χ0n) is 16.2. The number of nitrogens with zero attached hydrogens (tertiary/aromatic N) is 2. The summed E-state index contributed by atoms with van der Waals surface area (Å²) < 4.78 is 10.2. The van der Waals surface area contributed by atoms with Crippen LogP contribution in [0.15, 0.2) is 33.7 Å². The predicted octanol–water partition coefficient (Wildman–Crippen LogP) is 2.99. The number of hydrogen-bond acceptors (Lipinski definition) is 5. The number of aliphatic imine (C=N–C) groups is 1. The van der Waals surface area contributed by atoms with Gasteiger partial charge >= 0.3 is 5.97 Å². The maximum Gasteiger partial charge on any atom is 0.337 e. The molecule has 0 saturated heterocycles. The van der Waals surface area contributed by atoms with Crippen molar-refractivity contribution in [1.29, 1.82) is 0 Å². The van der Waals surface area contributed by atoms with Gasteiger partial charge in [0.1, 0.15) is 12.3 Å². The van der Waals surface area contributed by atoms with Crippen LogP contribution in [0.2, 0.25) is 0 Å². The largest absolute Gasteiger partial charge is 0.465 e. The first-order valence-electron chi connectivity index (χ1n) is 8.65. The Morgan fingerprint density at radius 1 is 1.22 bits per heavy atom. The van der Waals surface area contributed by atoms with Crippen LogP contribution in [0, 0.1) is 13.8 Å². The lowest BCUT2D eigenvalue weighted by atomic mass is 10.1. The normalized spacial score (nSPS) is 10.9. The van der Waals surface area contributed by atoms with Crippen molar-refractivity contribution >= 4 is 35.9 Å². The second-order valence-electron chi connectivity index (χ2n) is 5.81. The molecule has 0 saturated carbocycles. The smallest absolute Gasteiger partial charge is 0.337 e. The fourth-order valence-corrected chi connectivity index (χ4v) is 2.35. The van der Waals surface area contributed by atoms with Gasteiger partial charge in [-0.25, -0.2) is 14.8 Å². The Morgan fingerprint density at radius 3 is 2.48 bits per heavy atom. The third-order valence-corrected chi connectivity index (χ3v) is 3.87. The van der Waals surface area contributed by atoms with E-state index in [1.807, 2.05) is 32.9 Å². The van der Waals surface area contributed by atoms with Crippen LogP contribution in [-0.2, 0) is 17.7 Å². The number of carbonyl (C=O) groups excluding carboxylic acids is 1. The molecule has 0 amide bonds. The molecule has 0 aliphatic heterocycles. The zero-order valence-corrected chi connectivity index (χ0v) is 18.5. The molecule has 27 heavy (non-hydrogen) atoms. The highest BCUT2D eigenvalue weighted by molar-refractivity contribution is 14.0. The fourth-order valence-electron chi connectivity index (χ4n) is 2.35. The lowest BCUT2D eigenvalue weighted by Crippen LogP contribution is -2.38. The van der Waals surface area contributed by atoms with E-state index in [0.717, 1.165) is 30.0 Å². The Bertz CT molecular complexity index is 737. The fraction of sp³-hybridized carbons (Fsp3) is 0.421. The molecule has 0 radical (unpaired) electrons. The first kappa shape index (κ1) is 22.9. The maximum absolute atomic E-state index is 11.4. The Hall–Kier alpha value is -2.10. The summed E-state index contributed by atoms with van der Waals surface area (Å²) in [6.07, 6.45) is 0.809. The molecule has 2 N–H and O–H groups in total. The monoisotopic (exact) mass is 486 g/mol. The van der Waals surface area contributed by atoms with E-state index in [1.54, 1.807) is 12.1 Å². The number of nitrogens with one attached hydrogen (secondary N) is 2. The van der Waals surface area contributed by atoms with E-state index >= 15 is 0 Å². The maximum atomic E-state index is 11.4. The number of ether oxygens (including phenoxy) is 1. The average molecular weight is 486 g/mol. The van der Waals surface area contributed by atoms with Crippen molar-refractivity contribution in [3.63, 3.8) is 0 Å². The van der Waals surface area contributed by atoms with E-state index < -0.39 is 0 Å². The predicted molar refractivity (Wildman–Crippen MR) is 116 cm³/mol. The van der Waals surface area contributed by atoms with Gasteiger partial charge in [-0.15, -0.1) is 24.0 Å². The summed E-state index contributed by atoms with van der Waals surface area (Å²) in [6.45, 7) is 7.70. The number of rotatable bonds is 7. The van der Waals surface area contributed by atoms with Crippen molar-refractivity contribution in [1.82, 2.24) is 15.6 Å². The van der Waals surface area contributed by atoms with Crippen molar-refractivity contribution in [2.45, 2.75) is 33.7 Å². The molecule has 1 aromatic carbocycles. The highest BCUT2D eigenvalue weighted by Gasteiger charge is 2.06. The topological polar surface area (TPSA) is 88.8 Å². The molecular formula is C19H27IN4O3. The summed E-state index contributed by atoms with van der Waals surface area (Å²) in [4.78, 5) is 20.3. The van der Waals surface area contributed by atoms with E-state index in [-0.39, 0.29) is 29.9 Å². The number of carbonyl (C=O) groups is 1. The van der Waals surface area contributed by atoms with E-state index in [4.69, 9.17) is 9.15 Å². The Labute approximate surface area is 177 Å². The minimum Gasteiger partial charge on any atom is -0.465 e. The van der Waals surface area contributed by atoms with Gasteiger partial charge < -0.3 is 19.8 Å². The first-order chi connectivity index (χ1) is 12.5. The summed E-state index contributed by atoms with van der Waals surface area (Å²) in [5, 5.41) is 6.49. The highest BCUT2D eigenvalue weighted by Crippen LogP contribution is 2.09. The SMILES string of the molecule is CCNC(=NCc1nc(C)c(C)o1)NCCc1ccc(C(=O)OC)cc1.I. The quantitative estimate of drug-likeness (QED) is 0.271. The summed E-state index contributed by atoms with van der Waals surface area (Å²) in [5.41, 5.74) is 2.57. The molecule has 0 bridgehead atoms. The molecule has 0 aliphatic rings. The van der Waals surface area contributed by atoms with Crippen molar-refractivity contribution in [3.8, 4) is 0 Å². The second kappa shape index (κ2) is 11.6. The molecule has 2 aromatic rings.